The second kappa shape index (κ2) is 7.46. The Bertz CT molecular complexity index is 452. The maximum absolute atomic E-state index is 10.8. The highest BCUT2D eigenvalue weighted by Gasteiger charge is 2.25. The van der Waals surface area contributed by atoms with E-state index in [1.807, 2.05) is 0 Å². The van der Waals surface area contributed by atoms with Crippen LogP contribution < -0.4 is 4.74 Å². The number of hydrogen-bond acceptors (Lipinski definition) is 3. The summed E-state index contributed by atoms with van der Waals surface area (Å²) in [6, 6.07) is 7.17. The van der Waals surface area contributed by atoms with Gasteiger partial charge in [0.15, 0.2) is 0 Å². The smallest absolute Gasteiger partial charge is 0.335 e. The average Bonchev–Trinajstić information content (AvgIpc) is 3.26. The number of carboxylic acid groups (broad SMARTS) is 1. The summed E-state index contributed by atoms with van der Waals surface area (Å²) >= 11 is 0. The Kier molecular flexibility index (Phi) is 5.62. The maximum Gasteiger partial charge on any atom is 0.335 e. The molecule has 1 aliphatic rings. The van der Waals surface area contributed by atoms with Crippen molar-refractivity contribution in [2.75, 3.05) is 19.7 Å². The van der Waals surface area contributed by atoms with Gasteiger partial charge in [-0.3, -0.25) is 0 Å². The number of carbonyl (C=O) groups is 1. The van der Waals surface area contributed by atoms with E-state index in [-0.39, 0.29) is 5.56 Å². The summed E-state index contributed by atoms with van der Waals surface area (Å²) in [5.74, 6) is 0.740. The molecule has 1 aromatic carbocycles. The highest BCUT2D eigenvalue weighted by molar-refractivity contribution is 5.87. The number of rotatable bonds is 9. The van der Waals surface area contributed by atoms with Crippen LogP contribution in [0.15, 0.2) is 24.3 Å². The molecular formula is C17H25NO3. The lowest BCUT2D eigenvalue weighted by molar-refractivity contribution is 0.0697. The van der Waals surface area contributed by atoms with Gasteiger partial charge in [0, 0.05) is 19.1 Å². The molecule has 1 saturated carbocycles. The number of ether oxygens (including phenoxy) is 1. The Morgan fingerprint density at radius 1 is 1.33 bits per heavy atom. The van der Waals surface area contributed by atoms with Crippen LogP contribution in [0.4, 0.5) is 0 Å². The van der Waals surface area contributed by atoms with Crippen molar-refractivity contribution in [1.29, 1.82) is 0 Å². The first kappa shape index (κ1) is 15.8. The van der Waals surface area contributed by atoms with Gasteiger partial charge in [0.1, 0.15) is 5.75 Å². The molecule has 0 atom stereocenters. The molecule has 1 aliphatic carbocycles. The van der Waals surface area contributed by atoms with Gasteiger partial charge in [0.05, 0.1) is 12.2 Å². The van der Waals surface area contributed by atoms with Crippen molar-refractivity contribution >= 4 is 5.97 Å². The lowest BCUT2D eigenvalue weighted by atomic mass is 10.2. The molecule has 1 aromatic rings. The third-order valence-corrected chi connectivity index (χ3v) is 3.88. The molecule has 0 heterocycles. The minimum Gasteiger partial charge on any atom is -0.494 e. The predicted molar refractivity (Wildman–Crippen MR) is 82.9 cm³/mol. The third-order valence-electron chi connectivity index (χ3n) is 3.88. The molecule has 0 spiro atoms. The predicted octanol–water partition coefficient (Wildman–Crippen LogP) is 3.27. The third kappa shape index (κ3) is 5.38. The summed E-state index contributed by atoms with van der Waals surface area (Å²) in [4.78, 5) is 13.3. The summed E-state index contributed by atoms with van der Waals surface area (Å²) in [7, 11) is 0. The van der Waals surface area contributed by atoms with Crippen molar-refractivity contribution < 1.29 is 14.6 Å². The van der Waals surface area contributed by atoms with E-state index in [9.17, 15) is 4.79 Å². The number of hydrogen-bond donors (Lipinski definition) is 1. The fourth-order valence-electron chi connectivity index (χ4n) is 2.34. The lowest BCUT2D eigenvalue weighted by Gasteiger charge is -2.26. The van der Waals surface area contributed by atoms with Crippen molar-refractivity contribution in [1.82, 2.24) is 4.90 Å². The van der Waals surface area contributed by atoms with Gasteiger partial charge in [-0.1, -0.05) is 0 Å². The van der Waals surface area contributed by atoms with Gasteiger partial charge in [-0.05, 0) is 63.3 Å². The van der Waals surface area contributed by atoms with E-state index in [1.54, 1.807) is 24.3 Å². The van der Waals surface area contributed by atoms with Gasteiger partial charge in [-0.15, -0.1) is 0 Å². The summed E-state index contributed by atoms with van der Waals surface area (Å²) in [6.07, 6.45) is 3.76. The largest absolute Gasteiger partial charge is 0.494 e. The molecule has 0 aliphatic heterocycles. The Balaban J connectivity index is 1.69. The molecular weight excluding hydrogens is 266 g/mol. The summed E-state index contributed by atoms with van der Waals surface area (Å²) in [5.41, 5.74) is 0.290. The molecule has 0 aromatic heterocycles. The van der Waals surface area contributed by atoms with E-state index in [2.05, 4.69) is 18.7 Å². The standard InChI is InChI=1S/C17H25NO3/c1-13(2)18(12-14-4-5-14)10-3-11-21-16-8-6-15(7-9-16)17(19)20/h6-9,13-14H,3-5,10-12H2,1-2H3,(H,19,20). The van der Waals surface area contributed by atoms with Crippen molar-refractivity contribution in [3.8, 4) is 5.75 Å². The summed E-state index contributed by atoms with van der Waals surface area (Å²) in [5, 5.41) is 8.83. The minimum atomic E-state index is -0.908. The molecule has 116 valence electrons. The van der Waals surface area contributed by atoms with E-state index in [0.29, 0.717) is 12.6 Å². The van der Waals surface area contributed by atoms with Gasteiger partial charge >= 0.3 is 5.97 Å². The topological polar surface area (TPSA) is 49.8 Å². The Hall–Kier alpha value is -1.55. The number of benzene rings is 1. The Morgan fingerprint density at radius 2 is 2.00 bits per heavy atom. The monoisotopic (exact) mass is 291 g/mol. The zero-order chi connectivity index (χ0) is 15.2. The minimum absolute atomic E-state index is 0.290. The normalized spacial score (nSPS) is 14.7. The quantitative estimate of drug-likeness (QED) is 0.709. The SMILES string of the molecule is CC(C)N(CCCOc1ccc(C(=O)O)cc1)CC1CC1. The average molecular weight is 291 g/mol. The van der Waals surface area contributed by atoms with Crippen LogP contribution in [-0.2, 0) is 0 Å². The first-order valence-corrected chi connectivity index (χ1v) is 7.76. The van der Waals surface area contributed by atoms with Gasteiger partial charge in [-0.2, -0.15) is 0 Å². The van der Waals surface area contributed by atoms with Gasteiger partial charge in [-0.25, -0.2) is 4.79 Å². The molecule has 0 amide bonds. The lowest BCUT2D eigenvalue weighted by Crippen LogP contribution is -2.34. The van der Waals surface area contributed by atoms with Gasteiger partial charge in [0.25, 0.3) is 0 Å². The number of carboxylic acids is 1. The van der Waals surface area contributed by atoms with Crippen molar-refractivity contribution in [3.63, 3.8) is 0 Å². The summed E-state index contributed by atoms with van der Waals surface area (Å²) < 4.78 is 5.67. The Labute approximate surface area is 126 Å². The molecule has 21 heavy (non-hydrogen) atoms. The molecule has 1 N–H and O–H groups in total. The molecule has 2 rings (SSSR count). The van der Waals surface area contributed by atoms with E-state index in [4.69, 9.17) is 9.84 Å². The Morgan fingerprint density at radius 3 is 2.52 bits per heavy atom. The first-order valence-electron chi connectivity index (χ1n) is 7.76. The second-order valence-corrected chi connectivity index (χ2v) is 6.06. The first-order chi connectivity index (χ1) is 10.1. The fraction of sp³-hybridized carbons (Fsp3) is 0.588. The molecule has 4 nitrogen and oxygen atoms in total. The van der Waals surface area contributed by atoms with Crippen LogP contribution in [0.2, 0.25) is 0 Å². The van der Waals surface area contributed by atoms with E-state index >= 15 is 0 Å². The van der Waals surface area contributed by atoms with E-state index in [1.165, 1.54) is 19.4 Å². The molecule has 0 radical (unpaired) electrons. The van der Waals surface area contributed by atoms with Crippen LogP contribution in [0.5, 0.6) is 5.75 Å². The highest BCUT2D eigenvalue weighted by atomic mass is 16.5. The summed E-state index contributed by atoms with van der Waals surface area (Å²) in [6.45, 7) is 7.42. The molecule has 0 bridgehead atoms. The van der Waals surface area contributed by atoms with Crippen molar-refractivity contribution in [2.45, 2.75) is 39.2 Å². The van der Waals surface area contributed by atoms with Crippen molar-refractivity contribution in [3.05, 3.63) is 29.8 Å². The zero-order valence-electron chi connectivity index (χ0n) is 12.9. The molecule has 4 heteroatoms. The van der Waals surface area contributed by atoms with Crippen LogP contribution >= 0.6 is 0 Å². The van der Waals surface area contributed by atoms with Crippen LogP contribution in [-0.4, -0.2) is 41.7 Å². The van der Waals surface area contributed by atoms with Crippen LogP contribution in [0.1, 0.15) is 43.5 Å². The number of aromatic carboxylic acids is 1. The molecule has 0 unspecified atom stereocenters. The van der Waals surface area contributed by atoms with Crippen LogP contribution in [0.3, 0.4) is 0 Å². The molecule has 0 saturated heterocycles. The van der Waals surface area contributed by atoms with Crippen LogP contribution in [0.25, 0.3) is 0 Å². The maximum atomic E-state index is 10.8. The van der Waals surface area contributed by atoms with E-state index in [0.717, 1.165) is 24.6 Å². The highest BCUT2D eigenvalue weighted by Crippen LogP contribution is 2.30. The van der Waals surface area contributed by atoms with Gasteiger partial charge < -0.3 is 14.7 Å². The second-order valence-electron chi connectivity index (χ2n) is 6.06. The van der Waals surface area contributed by atoms with Crippen LogP contribution in [0, 0.1) is 5.92 Å². The molecule has 1 fully saturated rings. The number of nitrogens with zero attached hydrogens (tertiary/aromatic N) is 1. The van der Waals surface area contributed by atoms with E-state index < -0.39 is 5.97 Å². The zero-order valence-corrected chi connectivity index (χ0v) is 12.9. The van der Waals surface area contributed by atoms with Crippen molar-refractivity contribution in [2.24, 2.45) is 5.92 Å². The fourth-order valence-corrected chi connectivity index (χ4v) is 2.34. The van der Waals surface area contributed by atoms with Gasteiger partial charge in [0.2, 0.25) is 0 Å².